The summed E-state index contributed by atoms with van der Waals surface area (Å²) in [5, 5.41) is 5.20. The third-order valence-corrected chi connectivity index (χ3v) is 7.78. The molecule has 1 amide bonds. The second-order valence-electron chi connectivity index (χ2n) is 8.10. The van der Waals surface area contributed by atoms with Crippen molar-refractivity contribution in [3.8, 4) is 5.69 Å². The lowest BCUT2D eigenvalue weighted by molar-refractivity contribution is -0.118. The highest BCUT2D eigenvalue weighted by molar-refractivity contribution is 7.99. The van der Waals surface area contributed by atoms with Crippen LogP contribution in [-0.4, -0.2) is 32.4 Å². The van der Waals surface area contributed by atoms with Crippen LogP contribution in [0, 0.1) is 6.92 Å². The highest BCUT2D eigenvalue weighted by Gasteiger charge is 2.23. The predicted molar refractivity (Wildman–Crippen MR) is 137 cm³/mol. The van der Waals surface area contributed by atoms with Gasteiger partial charge in [0.25, 0.3) is 11.5 Å². The minimum atomic E-state index is -0.285. The number of benzene rings is 1. The molecule has 0 saturated heterocycles. The lowest BCUT2D eigenvalue weighted by Crippen LogP contribution is -2.24. The number of amides is 1. The summed E-state index contributed by atoms with van der Waals surface area (Å²) in [7, 11) is 0. The molecule has 0 aliphatic heterocycles. The van der Waals surface area contributed by atoms with Gasteiger partial charge >= 0.3 is 0 Å². The number of nitrogens with zero attached hydrogens (tertiary/aromatic N) is 4. The van der Waals surface area contributed by atoms with Crippen molar-refractivity contribution in [2.24, 2.45) is 5.10 Å². The van der Waals surface area contributed by atoms with Crippen molar-refractivity contribution in [3.63, 3.8) is 0 Å². The number of aryl methyl sites for hydroxylation is 3. The van der Waals surface area contributed by atoms with Gasteiger partial charge in [0.05, 0.1) is 28.7 Å². The van der Waals surface area contributed by atoms with Gasteiger partial charge < -0.3 is 0 Å². The summed E-state index contributed by atoms with van der Waals surface area (Å²) in [4.78, 5) is 37.2. The molecule has 0 saturated carbocycles. The van der Waals surface area contributed by atoms with Crippen molar-refractivity contribution in [3.05, 3.63) is 80.7 Å². The Morgan fingerprint density at radius 3 is 2.82 bits per heavy atom. The molecule has 0 bridgehead atoms. The number of carbonyl (C=O) groups is 1. The highest BCUT2D eigenvalue weighted by atomic mass is 32.2. The maximum absolute atomic E-state index is 13.7. The second-order valence-corrected chi connectivity index (χ2v) is 10.1. The summed E-state index contributed by atoms with van der Waals surface area (Å²) < 4.78 is 1.64. The highest BCUT2D eigenvalue weighted by Crippen LogP contribution is 2.35. The summed E-state index contributed by atoms with van der Waals surface area (Å²) in [5.41, 5.74) is 6.11. The molecule has 0 fully saturated rings. The zero-order valence-corrected chi connectivity index (χ0v) is 20.3. The zero-order chi connectivity index (χ0) is 23.5. The Hall–Kier alpha value is -3.30. The van der Waals surface area contributed by atoms with Crippen molar-refractivity contribution in [1.29, 1.82) is 0 Å². The largest absolute Gasteiger partial charge is 0.272 e. The molecular formula is C25H23N5O2S2. The molecule has 1 aliphatic rings. The monoisotopic (exact) mass is 489 g/mol. The zero-order valence-electron chi connectivity index (χ0n) is 18.7. The third-order valence-electron chi connectivity index (χ3n) is 5.66. The van der Waals surface area contributed by atoms with Crippen LogP contribution >= 0.6 is 23.1 Å². The topological polar surface area (TPSA) is 89.2 Å². The van der Waals surface area contributed by atoms with Crippen molar-refractivity contribution >= 4 is 45.4 Å². The molecule has 4 aromatic rings. The number of hydrazone groups is 1. The minimum Gasteiger partial charge on any atom is -0.272 e. The Balaban J connectivity index is 1.45. The first kappa shape index (κ1) is 22.5. The van der Waals surface area contributed by atoms with Gasteiger partial charge in [0, 0.05) is 11.1 Å². The molecule has 172 valence electrons. The molecule has 1 N–H and O–H groups in total. The van der Waals surface area contributed by atoms with Crippen molar-refractivity contribution in [2.75, 3.05) is 5.75 Å². The van der Waals surface area contributed by atoms with E-state index in [0.29, 0.717) is 10.9 Å². The van der Waals surface area contributed by atoms with Crippen LogP contribution in [0.2, 0.25) is 0 Å². The number of thiophene rings is 1. The number of nitrogens with one attached hydrogen (secondary N) is 1. The fraction of sp³-hybridized carbons (Fsp3) is 0.240. The van der Waals surface area contributed by atoms with Crippen LogP contribution in [0.4, 0.5) is 0 Å². The van der Waals surface area contributed by atoms with E-state index in [-0.39, 0.29) is 17.2 Å². The number of fused-ring (bicyclic) bond motifs is 3. The maximum Gasteiger partial charge on any atom is 0.267 e. The van der Waals surface area contributed by atoms with Crippen LogP contribution in [-0.2, 0) is 17.6 Å². The average molecular weight is 490 g/mol. The second kappa shape index (κ2) is 9.90. The van der Waals surface area contributed by atoms with Crippen LogP contribution in [0.25, 0.3) is 15.9 Å². The quantitative estimate of drug-likeness (QED) is 0.189. The van der Waals surface area contributed by atoms with Crippen molar-refractivity contribution in [2.45, 2.75) is 37.8 Å². The first-order chi connectivity index (χ1) is 16.6. The van der Waals surface area contributed by atoms with Gasteiger partial charge in [-0.3, -0.25) is 19.1 Å². The fourth-order valence-corrected chi connectivity index (χ4v) is 6.10. The van der Waals surface area contributed by atoms with Gasteiger partial charge in [-0.25, -0.2) is 10.4 Å². The van der Waals surface area contributed by atoms with Gasteiger partial charge in [-0.05, 0) is 62.4 Å². The van der Waals surface area contributed by atoms with Crippen molar-refractivity contribution in [1.82, 2.24) is 20.0 Å². The molecule has 3 heterocycles. The van der Waals surface area contributed by atoms with Crippen LogP contribution in [0.15, 0.2) is 63.7 Å². The molecular weight excluding hydrogens is 466 g/mol. The standard InChI is InChI=1S/C25H23N5O2S2/c1-16-9-11-18(12-10-16)30-24(32)22-19-7-2-3-8-20(19)34-23(22)28-25(30)33-15-21(31)29-27-14-17-6-4-5-13-26-17/h4-6,9-14H,2-3,7-8,15H2,1H3,(H,29,31)/b27-14-. The van der Waals surface area contributed by atoms with E-state index in [9.17, 15) is 9.59 Å². The Kier molecular flexibility index (Phi) is 6.55. The Labute approximate surface area is 205 Å². The van der Waals surface area contributed by atoms with Crippen LogP contribution in [0.3, 0.4) is 0 Å². The van der Waals surface area contributed by atoms with Gasteiger partial charge in [-0.15, -0.1) is 11.3 Å². The molecule has 5 rings (SSSR count). The summed E-state index contributed by atoms with van der Waals surface area (Å²) in [6.45, 7) is 2.01. The van der Waals surface area contributed by atoms with E-state index in [4.69, 9.17) is 4.98 Å². The van der Waals surface area contributed by atoms with Gasteiger partial charge in [-0.2, -0.15) is 5.10 Å². The predicted octanol–water partition coefficient (Wildman–Crippen LogP) is 4.27. The first-order valence-corrected chi connectivity index (χ1v) is 12.9. The summed E-state index contributed by atoms with van der Waals surface area (Å²) >= 11 is 2.84. The summed E-state index contributed by atoms with van der Waals surface area (Å²) in [5.74, 6) is -0.207. The number of thioether (sulfide) groups is 1. The molecule has 0 radical (unpaired) electrons. The van der Waals surface area contributed by atoms with Gasteiger partial charge in [0.15, 0.2) is 5.16 Å². The number of pyridine rings is 1. The van der Waals surface area contributed by atoms with E-state index >= 15 is 0 Å². The van der Waals surface area contributed by atoms with E-state index in [1.54, 1.807) is 28.2 Å². The van der Waals surface area contributed by atoms with Gasteiger partial charge in [-0.1, -0.05) is 35.5 Å². The number of aromatic nitrogens is 3. The molecule has 3 aromatic heterocycles. The smallest absolute Gasteiger partial charge is 0.267 e. The fourth-order valence-electron chi connectivity index (χ4n) is 3.99. The molecule has 34 heavy (non-hydrogen) atoms. The molecule has 9 heteroatoms. The first-order valence-electron chi connectivity index (χ1n) is 11.1. The number of hydrogen-bond acceptors (Lipinski definition) is 7. The Morgan fingerprint density at radius 1 is 1.21 bits per heavy atom. The van der Waals surface area contributed by atoms with E-state index < -0.39 is 0 Å². The van der Waals surface area contributed by atoms with E-state index in [2.05, 4.69) is 15.5 Å². The molecule has 0 unspecified atom stereocenters. The average Bonchev–Trinajstić information content (AvgIpc) is 3.23. The van der Waals surface area contributed by atoms with Crippen LogP contribution in [0.5, 0.6) is 0 Å². The number of hydrogen-bond donors (Lipinski definition) is 1. The van der Waals surface area contributed by atoms with Gasteiger partial charge in [0.1, 0.15) is 4.83 Å². The molecule has 7 nitrogen and oxygen atoms in total. The SMILES string of the molecule is Cc1ccc(-n2c(SCC(=O)N/N=C\c3ccccn3)nc3sc4c(c3c2=O)CCCC4)cc1. The van der Waals surface area contributed by atoms with E-state index in [1.807, 2.05) is 43.3 Å². The van der Waals surface area contributed by atoms with E-state index in [0.717, 1.165) is 52.7 Å². The van der Waals surface area contributed by atoms with Crippen molar-refractivity contribution < 1.29 is 4.79 Å². The number of carbonyl (C=O) groups excluding carboxylic acids is 1. The molecule has 1 aliphatic carbocycles. The molecule has 0 spiro atoms. The lowest BCUT2D eigenvalue weighted by atomic mass is 9.97. The Morgan fingerprint density at radius 2 is 2.03 bits per heavy atom. The normalized spacial score (nSPS) is 13.3. The van der Waals surface area contributed by atoms with Crippen LogP contribution < -0.4 is 11.0 Å². The summed E-state index contributed by atoms with van der Waals surface area (Å²) in [6.07, 6.45) is 7.31. The Bertz CT molecular complexity index is 1430. The van der Waals surface area contributed by atoms with E-state index in [1.165, 1.54) is 22.9 Å². The van der Waals surface area contributed by atoms with Gasteiger partial charge in [0.2, 0.25) is 0 Å². The summed E-state index contributed by atoms with van der Waals surface area (Å²) in [6, 6.07) is 13.2. The third kappa shape index (κ3) is 4.67. The molecule has 0 atom stereocenters. The van der Waals surface area contributed by atoms with Crippen LogP contribution in [0.1, 0.15) is 34.5 Å². The minimum absolute atomic E-state index is 0.0654. The lowest BCUT2D eigenvalue weighted by Gasteiger charge is -2.13. The number of rotatable bonds is 6. The molecule has 1 aromatic carbocycles. The maximum atomic E-state index is 13.7.